The summed E-state index contributed by atoms with van der Waals surface area (Å²) in [5, 5.41) is 4.61. The Labute approximate surface area is 184 Å². The van der Waals surface area contributed by atoms with Crippen molar-refractivity contribution >= 4 is 11.4 Å². The molecule has 0 aliphatic heterocycles. The second kappa shape index (κ2) is 8.16. The summed E-state index contributed by atoms with van der Waals surface area (Å²) in [5.41, 5.74) is 5.20. The molecule has 0 saturated carbocycles. The van der Waals surface area contributed by atoms with Gasteiger partial charge < -0.3 is 9.47 Å². The molecule has 0 saturated heterocycles. The van der Waals surface area contributed by atoms with Crippen LogP contribution in [-0.4, -0.2) is 34.6 Å². The van der Waals surface area contributed by atoms with E-state index in [-0.39, 0.29) is 24.1 Å². The highest BCUT2D eigenvalue weighted by Gasteiger charge is 2.30. The van der Waals surface area contributed by atoms with E-state index in [0.717, 1.165) is 28.1 Å². The molecule has 32 heavy (non-hydrogen) atoms. The minimum atomic E-state index is -0.311. The highest BCUT2D eigenvalue weighted by molar-refractivity contribution is 5.99. The van der Waals surface area contributed by atoms with Gasteiger partial charge >= 0.3 is 0 Å². The lowest BCUT2D eigenvalue weighted by molar-refractivity contribution is 0.0962. The van der Waals surface area contributed by atoms with E-state index in [4.69, 9.17) is 14.5 Å². The number of rotatable bonds is 5. The predicted octanol–water partition coefficient (Wildman–Crippen LogP) is 4.60. The number of ketones is 1. The van der Waals surface area contributed by atoms with E-state index in [1.165, 1.54) is 12.1 Å². The van der Waals surface area contributed by atoms with Crippen molar-refractivity contribution in [2.45, 2.75) is 25.4 Å². The van der Waals surface area contributed by atoms with Gasteiger partial charge in [-0.05, 0) is 35.7 Å². The van der Waals surface area contributed by atoms with Gasteiger partial charge in [0.1, 0.15) is 11.6 Å². The van der Waals surface area contributed by atoms with Crippen molar-refractivity contribution in [3.63, 3.8) is 0 Å². The molecule has 1 atom stereocenters. The first-order valence-corrected chi connectivity index (χ1v) is 10.4. The van der Waals surface area contributed by atoms with Crippen LogP contribution >= 0.6 is 0 Å². The van der Waals surface area contributed by atoms with E-state index in [9.17, 15) is 9.18 Å². The highest BCUT2D eigenvalue weighted by atomic mass is 19.1. The topological polar surface area (TPSA) is 65.7 Å². The van der Waals surface area contributed by atoms with Crippen molar-refractivity contribution in [3.8, 4) is 16.9 Å². The summed E-state index contributed by atoms with van der Waals surface area (Å²) in [6.45, 7) is 0.276. The monoisotopic (exact) mass is 431 g/mol. The third-order valence-corrected chi connectivity index (χ3v) is 5.93. The molecule has 0 bridgehead atoms. The van der Waals surface area contributed by atoms with Gasteiger partial charge in [-0.25, -0.2) is 13.9 Å². The summed E-state index contributed by atoms with van der Waals surface area (Å²) < 4.78 is 26.0. The lowest BCUT2D eigenvalue weighted by atomic mass is 9.82. The zero-order valence-corrected chi connectivity index (χ0v) is 17.8. The first-order chi connectivity index (χ1) is 15.6. The fraction of sp³-hybridized carbons (Fsp3) is 0.240. The van der Waals surface area contributed by atoms with Gasteiger partial charge in [-0.15, -0.1) is 0 Å². The van der Waals surface area contributed by atoms with Crippen LogP contribution in [0.1, 0.15) is 39.6 Å². The fourth-order valence-electron chi connectivity index (χ4n) is 4.45. The average molecular weight is 431 g/mol. The van der Waals surface area contributed by atoms with E-state index < -0.39 is 0 Å². The van der Waals surface area contributed by atoms with Crippen LogP contribution in [0.15, 0.2) is 54.7 Å². The molecule has 1 unspecified atom stereocenters. The van der Waals surface area contributed by atoms with E-state index >= 15 is 0 Å². The number of hydrogen-bond donors (Lipinski definition) is 0. The van der Waals surface area contributed by atoms with Gasteiger partial charge in [-0.2, -0.15) is 5.10 Å². The maximum atomic E-state index is 13.5. The molecule has 0 spiro atoms. The summed E-state index contributed by atoms with van der Waals surface area (Å²) in [6.07, 6.45) is 2.76. The third-order valence-electron chi connectivity index (χ3n) is 5.93. The number of Topliss-reactive ketones (excluding diaryl/α,β-unsaturated/α-hetero) is 1. The van der Waals surface area contributed by atoms with Crippen LogP contribution in [0.5, 0.6) is 5.75 Å². The van der Waals surface area contributed by atoms with Crippen molar-refractivity contribution in [2.75, 3.05) is 14.2 Å². The number of methoxy groups -OCH3 is 2. The smallest absolute Gasteiger partial charge is 0.166 e. The zero-order valence-electron chi connectivity index (χ0n) is 17.8. The second-order valence-electron chi connectivity index (χ2n) is 7.90. The van der Waals surface area contributed by atoms with Crippen molar-refractivity contribution < 1.29 is 18.7 Å². The standard InChI is InChI=1S/C25H22FN3O3/c1-31-14-21-24(15-7-9-17(26)10-8-15)25-27-20-11-16(18-5-3-4-6-23(18)32-2)12-22(30)19(20)13-29(25)28-21/h3-10,13,16H,11-12,14H2,1-2H3. The number of halogens is 1. The lowest BCUT2D eigenvalue weighted by Crippen LogP contribution is -2.21. The third kappa shape index (κ3) is 3.44. The van der Waals surface area contributed by atoms with Gasteiger partial charge in [-0.1, -0.05) is 30.3 Å². The molecule has 0 N–H and O–H groups in total. The first kappa shape index (κ1) is 20.3. The number of hydrogen-bond acceptors (Lipinski definition) is 5. The molecule has 7 heteroatoms. The molecule has 162 valence electrons. The minimum Gasteiger partial charge on any atom is -0.496 e. The lowest BCUT2D eigenvalue weighted by Gasteiger charge is -2.24. The van der Waals surface area contributed by atoms with Crippen LogP contribution in [0.3, 0.4) is 0 Å². The Morgan fingerprint density at radius 2 is 1.88 bits per heavy atom. The Morgan fingerprint density at radius 3 is 2.62 bits per heavy atom. The van der Waals surface area contributed by atoms with Crippen LogP contribution in [0.2, 0.25) is 0 Å². The molecule has 4 aromatic rings. The van der Waals surface area contributed by atoms with Gasteiger partial charge in [0, 0.05) is 25.6 Å². The molecule has 1 aliphatic rings. The van der Waals surface area contributed by atoms with E-state index in [0.29, 0.717) is 29.7 Å². The van der Waals surface area contributed by atoms with Crippen molar-refractivity contribution in [1.29, 1.82) is 0 Å². The van der Waals surface area contributed by atoms with Crippen LogP contribution in [0, 0.1) is 5.82 Å². The molecule has 0 amide bonds. The fourth-order valence-corrected chi connectivity index (χ4v) is 4.45. The van der Waals surface area contributed by atoms with Crippen LogP contribution in [-0.2, 0) is 17.8 Å². The predicted molar refractivity (Wildman–Crippen MR) is 117 cm³/mol. The molecule has 6 nitrogen and oxygen atoms in total. The van der Waals surface area contributed by atoms with Crippen LogP contribution in [0.25, 0.3) is 16.8 Å². The number of fused-ring (bicyclic) bond motifs is 2. The normalized spacial score (nSPS) is 15.7. The summed E-state index contributed by atoms with van der Waals surface area (Å²) in [6, 6.07) is 14.0. The molecule has 2 aromatic carbocycles. The van der Waals surface area contributed by atoms with Crippen LogP contribution < -0.4 is 4.74 Å². The number of ether oxygens (including phenoxy) is 2. The SMILES string of the molecule is COCc1nn2cc3c(nc2c1-c1ccc(F)cc1)CC(c1ccccc1OC)CC3=O. The maximum absolute atomic E-state index is 13.5. The number of carbonyl (C=O) groups is 1. The Hall–Kier alpha value is -3.58. The number of aromatic nitrogens is 3. The van der Waals surface area contributed by atoms with E-state index in [1.807, 2.05) is 24.3 Å². The van der Waals surface area contributed by atoms with Crippen molar-refractivity contribution in [1.82, 2.24) is 14.6 Å². The highest BCUT2D eigenvalue weighted by Crippen LogP contribution is 2.37. The molecular weight excluding hydrogens is 409 g/mol. The molecule has 5 rings (SSSR count). The van der Waals surface area contributed by atoms with Crippen molar-refractivity contribution in [3.05, 3.63) is 83.1 Å². The van der Waals surface area contributed by atoms with Crippen LogP contribution in [0.4, 0.5) is 4.39 Å². The number of nitrogens with zero attached hydrogens (tertiary/aromatic N) is 3. The molecule has 2 aromatic heterocycles. The maximum Gasteiger partial charge on any atom is 0.166 e. The zero-order chi connectivity index (χ0) is 22.2. The Morgan fingerprint density at radius 1 is 1.09 bits per heavy atom. The van der Waals surface area contributed by atoms with E-state index in [2.05, 4.69) is 5.10 Å². The Balaban J connectivity index is 1.65. The molecular formula is C25H22FN3O3. The van der Waals surface area contributed by atoms with E-state index in [1.54, 1.807) is 37.1 Å². The quantitative estimate of drug-likeness (QED) is 0.462. The molecule has 2 heterocycles. The van der Waals surface area contributed by atoms with Gasteiger partial charge in [0.15, 0.2) is 11.4 Å². The number of benzene rings is 2. The van der Waals surface area contributed by atoms with Gasteiger partial charge in [0.05, 0.1) is 36.2 Å². The molecule has 1 aliphatic carbocycles. The first-order valence-electron chi connectivity index (χ1n) is 10.4. The second-order valence-corrected chi connectivity index (χ2v) is 7.90. The summed E-state index contributed by atoms with van der Waals surface area (Å²) in [4.78, 5) is 17.9. The average Bonchev–Trinajstić information content (AvgIpc) is 3.15. The molecule has 0 fully saturated rings. The Kier molecular flexibility index (Phi) is 5.19. The Bertz CT molecular complexity index is 1310. The number of para-hydroxylation sites is 1. The largest absolute Gasteiger partial charge is 0.496 e. The van der Waals surface area contributed by atoms with Gasteiger partial charge in [0.2, 0.25) is 0 Å². The van der Waals surface area contributed by atoms with Gasteiger partial charge in [0.25, 0.3) is 0 Å². The number of carbonyl (C=O) groups excluding carboxylic acids is 1. The summed E-state index contributed by atoms with van der Waals surface area (Å²) in [7, 11) is 3.23. The molecule has 0 radical (unpaired) electrons. The van der Waals surface area contributed by atoms with Gasteiger partial charge in [-0.3, -0.25) is 4.79 Å². The summed E-state index contributed by atoms with van der Waals surface area (Å²) >= 11 is 0. The van der Waals surface area contributed by atoms with Crippen molar-refractivity contribution in [2.24, 2.45) is 0 Å². The summed E-state index contributed by atoms with van der Waals surface area (Å²) in [5.74, 6) is 0.475. The minimum absolute atomic E-state index is 0.0169.